The number of allylic oxidation sites excluding steroid dienone is 2. The van der Waals surface area contributed by atoms with Crippen LogP contribution in [0, 0.1) is 0 Å². The Hall–Kier alpha value is -1.09. The van der Waals surface area contributed by atoms with Crippen molar-refractivity contribution in [2.24, 2.45) is 5.73 Å². The molecule has 0 spiro atoms. The monoisotopic (exact) mass is 181 g/mol. The minimum Gasteiger partial charge on any atom is -0.434 e. The molecule has 1 rings (SSSR count). The summed E-state index contributed by atoms with van der Waals surface area (Å²) < 4.78 is 4.74. The van der Waals surface area contributed by atoms with Crippen molar-refractivity contribution in [1.29, 1.82) is 0 Å². The van der Waals surface area contributed by atoms with Crippen molar-refractivity contribution in [3.63, 3.8) is 0 Å². The predicted octanol–water partition coefficient (Wildman–Crippen LogP) is 1.50. The van der Waals surface area contributed by atoms with Crippen LogP contribution in [0.5, 0.6) is 0 Å². The Morgan fingerprint density at radius 2 is 2.31 bits per heavy atom. The molecule has 0 amide bonds. The van der Waals surface area contributed by atoms with Crippen molar-refractivity contribution in [3.8, 4) is 0 Å². The average Bonchev–Trinajstić information content (AvgIpc) is 2.32. The van der Waals surface area contributed by atoms with E-state index in [4.69, 9.17) is 10.5 Å². The van der Waals surface area contributed by atoms with E-state index in [2.05, 4.69) is 0 Å². The molecule has 0 atom stereocenters. The van der Waals surface area contributed by atoms with E-state index in [1.807, 2.05) is 12.2 Å². The number of rotatable bonds is 4. The molecule has 3 heteroatoms. The smallest absolute Gasteiger partial charge is 0.314 e. The van der Waals surface area contributed by atoms with E-state index >= 15 is 0 Å². The Bertz CT molecular complexity index is 231. The summed E-state index contributed by atoms with van der Waals surface area (Å²) in [7, 11) is 0. The van der Waals surface area contributed by atoms with Crippen molar-refractivity contribution in [2.75, 3.05) is 6.54 Å². The van der Waals surface area contributed by atoms with Crippen molar-refractivity contribution in [1.82, 2.24) is 0 Å². The van der Waals surface area contributed by atoms with Gasteiger partial charge in [-0.25, -0.2) is 0 Å². The summed E-state index contributed by atoms with van der Waals surface area (Å²) in [6.07, 6.45) is 8.68. The topological polar surface area (TPSA) is 52.3 Å². The molecule has 0 saturated heterocycles. The summed E-state index contributed by atoms with van der Waals surface area (Å²) in [5, 5.41) is 0. The number of hydrogen-bond donors (Lipinski definition) is 1. The van der Waals surface area contributed by atoms with Gasteiger partial charge in [0.2, 0.25) is 0 Å². The second kappa shape index (κ2) is 5.54. The fourth-order valence-corrected chi connectivity index (χ4v) is 1.19. The number of unbranched alkanes of at least 4 members (excludes halogenated alkanes) is 1. The molecule has 0 saturated carbocycles. The van der Waals surface area contributed by atoms with Crippen LogP contribution < -0.4 is 5.73 Å². The van der Waals surface area contributed by atoms with Crippen molar-refractivity contribution in [2.45, 2.75) is 25.7 Å². The molecule has 0 bridgehead atoms. The second-order valence-corrected chi connectivity index (χ2v) is 3.02. The third-order valence-corrected chi connectivity index (χ3v) is 1.93. The largest absolute Gasteiger partial charge is 0.434 e. The average molecular weight is 181 g/mol. The van der Waals surface area contributed by atoms with E-state index in [-0.39, 0.29) is 5.97 Å². The molecule has 0 aromatic carbocycles. The molecule has 0 radical (unpaired) electrons. The maximum absolute atomic E-state index is 10.8. The first kappa shape index (κ1) is 9.99. The third kappa shape index (κ3) is 3.90. The van der Waals surface area contributed by atoms with E-state index in [0.717, 1.165) is 25.8 Å². The molecular weight excluding hydrogens is 166 g/mol. The number of esters is 1. The number of carbonyl (C=O) groups is 1. The van der Waals surface area contributed by atoms with Crippen LogP contribution in [0.15, 0.2) is 24.0 Å². The summed E-state index contributed by atoms with van der Waals surface area (Å²) in [6.45, 7) is 0.729. The van der Waals surface area contributed by atoms with Crippen LogP contribution in [0.1, 0.15) is 25.7 Å². The summed E-state index contributed by atoms with van der Waals surface area (Å²) >= 11 is 0. The Morgan fingerprint density at radius 3 is 3.08 bits per heavy atom. The van der Waals surface area contributed by atoms with E-state index < -0.39 is 0 Å². The molecule has 0 aliphatic carbocycles. The van der Waals surface area contributed by atoms with Crippen LogP contribution in [-0.4, -0.2) is 12.5 Å². The van der Waals surface area contributed by atoms with E-state index in [1.165, 1.54) is 11.8 Å². The van der Waals surface area contributed by atoms with Gasteiger partial charge in [0, 0.05) is 0 Å². The minimum absolute atomic E-state index is 0.190. The van der Waals surface area contributed by atoms with Crippen molar-refractivity contribution < 1.29 is 9.53 Å². The maximum atomic E-state index is 10.8. The number of nitrogens with two attached hydrogens (primary N) is 1. The zero-order valence-corrected chi connectivity index (χ0v) is 7.66. The highest BCUT2D eigenvalue weighted by atomic mass is 16.5. The quantitative estimate of drug-likeness (QED) is 0.528. The van der Waals surface area contributed by atoms with Gasteiger partial charge in [-0.3, -0.25) is 4.79 Å². The lowest BCUT2D eigenvalue weighted by atomic mass is 10.1. The van der Waals surface area contributed by atoms with Gasteiger partial charge in [0.1, 0.15) is 0 Å². The first-order valence-corrected chi connectivity index (χ1v) is 4.58. The maximum Gasteiger partial charge on any atom is 0.314 e. The molecule has 72 valence electrons. The summed E-state index contributed by atoms with van der Waals surface area (Å²) in [5.41, 5.74) is 6.55. The van der Waals surface area contributed by atoms with Gasteiger partial charge < -0.3 is 10.5 Å². The van der Waals surface area contributed by atoms with Gasteiger partial charge in [-0.1, -0.05) is 6.08 Å². The molecule has 0 unspecified atom stereocenters. The molecule has 0 aromatic rings. The van der Waals surface area contributed by atoms with Crippen LogP contribution in [0.3, 0.4) is 0 Å². The predicted molar refractivity (Wildman–Crippen MR) is 50.8 cm³/mol. The molecule has 1 aliphatic rings. The molecule has 1 aliphatic heterocycles. The van der Waals surface area contributed by atoms with E-state index in [9.17, 15) is 4.79 Å². The number of ether oxygens (including phenoxy) is 1. The molecule has 1 heterocycles. The standard InChI is InChI=1S/C10H15NO2/c11-7-2-1-3-9-4-5-10(12)13-8-6-9/h4,6,8H,1-3,5,7,11H2. The fourth-order valence-electron chi connectivity index (χ4n) is 1.19. The highest BCUT2D eigenvalue weighted by Crippen LogP contribution is 2.12. The number of hydrogen-bond acceptors (Lipinski definition) is 3. The normalized spacial score (nSPS) is 16.4. The first-order valence-electron chi connectivity index (χ1n) is 4.58. The van der Waals surface area contributed by atoms with Gasteiger partial charge >= 0.3 is 5.97 Å². The fraction of sp³-hybridized carbons (Fsp3) is 0.500. The van der Waals surface area contributed by atoms with Crippen molar-refractivity contribution in [3.05, 3.63) is 24.0 Å². The van der Waals surface area contributed by atoms with E-state index in [0.29, 0.717) is 6.42 Å². The van der Waals surface area contributed by atoms with Crippen LogP contribution in [0.4, 0.5) is 0 Å². The summed E-state index contributed by atoms with van der Waals surface area (Å²) in [6, 6.07) is 0. The Kier molecular flexibility index (Phi) is 4.26. The Balaban J connectivity index is 2.35. The van der Waals surface area contributed by atoms with Gasteiger partial charge in [0.05, 0.1) is 12.7 Å². The summed E-state index contributed by atoms with van der Waals surface area (Å²) in [4.78, 5) is 10.8. The van der Waals surface area contributed by atoms with Gasteiger partial charge in [-0.05, 0) is 37.5 Å². The third-order valence-electron chi connectivity index (χ3n) is 1.93. The van der Waals surface area contributed by atoms with Gasteiger partial charge in [0.15, 0.2) is 0 Å². The highest BCUT2D eigenvalue weighted by Gasteiger charge is 2.03. The first-order chi connectivity index (χ1) is 6.33. The van der Waals surface area contributed by atoms with Gasteiger partial charge in [-0.15, -0.1) is 0 Å². The second-order valence-electron chi connectivity index (χ2n) is 3.02. The van der Waals surface area contributed by atoms with Crippen LogP contribution in [0.2, 0.25) is 0 Å². The van der Waals surface area contributed by atoms with Gasteiger partial charge in [-0.2, -0.15) is 0 Å². The molecule has 3 nitrogen and oxygen atoms in total. The summed E-state index contributed by atoms with van der Waals surface area (Å²) in [5.74, 6) is -0.190. The Labute approximate surface area is 78.3 Å². The zero-order chi connectivity index (χ0) is 9.52. The molecule has 0 fully saturated rings. The van der Waals surface area contributed by atoms with Crippen LogP contribution in [-0.2, 0) is 9.53 Å². The Morgan fingerprint density at radius 1 is 1.46 bits per heavy atom. The minimum atomic E-state index is -0.190. The zero-order valence-electron chi connectivity index (χ0n) is 7.66. The highest BCUT2D eigenvalue weighted by molar-refractivity contribution is 5.72. The number of cyclic esters (lactones) is 1. The molecule has 2 N–H and O–H groups in total. The van der Waals surface area contributed by atoms with E-state index in [1.54, 1.807) is 0 Å². The number of carbonyl (C=O) groups excluding carboxylic acids is 1. The lowest BCUT2D eigenvalue weighted by Crippen LogP contribution is -1.97. The molecular formula is C10H15NO2. The SMILES string of the molecule is NCCCCC1=CCC(=O)OC=C1. The molecule has 13 heavy (non-hydrogen) atoms. The molecule has 0 aromatic heterocycles. The lowest BCUT2D eigenvalue weighted by Gasteiger charge is -1.98. The van der Waals surface area contributed by atoms with Gasteiger partial charge in [0.25, 0.3) is 0 Å². The van der Waals surface area contributed by atoms with Crippen LogP contribution in [0.25, 0.3) is 0 Å². The lowest BCUT2D eigenvalue weighted by molar-refractivity contribution is -0.136. The van der Waals surface area contributed by atoms with Crippen LogP contribution >= 0.6 is 0 Å². The van der Waals surface area contributed by atoms with Crippen molar-refractivity contribution >= 4 is 5.97 Å².